The van der Waals surface area contributed by atoms with Crippen molar-refractivity contribution in [1.82, 2.24) is 19.9 Å². The van der Waals surface area contributed by atoms with Gasteiger partial charge in [0.25, 0.3) is 0 Å². The van der Waals surface area contributed by atoms with Crippen LogP contribution in [0.1, 0.15) is 12.7 Å². The second-order valence-electron chi connectivity index (χ2n) is 4.81. The molecule has 0 aliphatic rings. The molecule has 0 aliphatic carbocycles. The minimum Gasteiger partial charge on any atom is -0.331 e. The third kappa shape index (κ3) is 2.90. The van der Waals surface area contributed by atoms with Crippen LogP contribution in [0, 0.1) is 0 Å². The molecule has 0 unspecified atom stereocenters. The van der Waals surface area contributed by atoms with Gasteiger partial charge in [0, 0.05) is 12.7 Å². The highest BCUT2D eigenvalue weighted by Crippen LogP contribution is 2.15. The number of nitrogens with zero attached hydrogens (tertiary/aromatic N) is 3. The maximum atomic E-state index is 11.9. The van der Waals surface area contributed by atoms with Crippen LogP contribution in [0.4, 0.5) is 10.5 Å². The van der Waals surface area contributed by atoms with Crippen molar-refractivity contribution in [2.24, 2.45) is 0 Å². The SMILES string of the molecule is CCn1c(CNC(=O)Nc2cccnc2)nc2ccccc21. The van der Waals surface area contributed by atoms with Gasteiger partial charge in [0.1, 0.15) is 5.82 Å². The van der Waals surface area contributed by atoms with Crippen molar-refractivity contribution in [1.29, 1.82) is 0 Å². The van der Waals surface area contributed by atoms with Crippen molar-refractivity contribution >= 4 is 22.8 Å². The van der Waals surface area contributed by atoms with E-state index in [0.717, 1.165) is 23.4 Å². The fourth-order valence-electron chi connectivity index (χ4n) is 2.38. The number of imidazole rings is 1. The van der Waals surface area contributed by atoms with E-state index in [2.05, 4.69) is 32.1 Å². The first kappa shape index (κ1) is 14.1. The van der Waals surface area contributed by atoms with E-state index in [0.29, 0.717) is 12.2 Å². The van der Waals surface area contributed by atoms with Crippen molar-refractivity contribution < 1.29 is 4.79 Å². The molecule has 0 radical (unpaired) electrons. The monoisotopic (exact) mass is 295 g/mol. The summed E-state index contributed by atoms with van der Waals surface area (Å²) in [5.74, 6) is 0.838. The van der Waals surface area contributed by atoms with Crippen LogP contribution in [0.3, 0.4) is 0 Å². The number of aromatic nitrogens is 3. The molecule has 2 amide bonds. The number of anilines is 1. The number of carbonyl (C=O) groups is 1. The lowest BCUT2D eigenvalue weighted by Crippen LogP contribution is -2.29. The molecule has 0 spiro atoms. The van der Waals surface area contributed by atoms with Gasteiger partial charge in [0.2, 0.25) is 0 Å². The fourth-order valence-corrected chi connectivity index (χ4v) is 2.38. The van der Waals surface area contributed by atoms with E-state index in [1.54, 1.807) is 24.5 Å². The third-order valence-electron chi connectivity index (χ3n) is 3.38. The number of rotatable bonds is 4. The molecule has 1 aromatic carbocycles. The number of nitrogens with one attached hydrogen (secondary N) is 2. The molecule has 0 bridgehead atoms. The molecule has 0 aliphatic heterocycles. The van der Waals surface area contributed by atoms with Crippen LogP contribution in [0.5, 0.6) is 0 Å². The smallest absolute Gasteiger partial charge is 0.319 e. The molecule has 3 rings (SSSR count). The molecule has 112 valence electrons. The average molecular weight is 295 g/mol. The second-order valence-corrected chi connectivity index (χ2v) is 4.81. The second kappa shape index (κ2) is 6.26. The molecule has 3 aromatic rings. The zero-order valence-electron chi connectivity index (χ0n) is 12.3. The molecule has 0 atom stereocenters. The quantitative estimate of drug-likeness (QED) is 0.777. The molecule has 0 fully saturated rings. The van der Waals surface area contributed by atoms with E-state index in [9.17, 15) is 4.79 Å². The molecule has 2 aromatic heterocycles. The molecule has 22 heavy (non-hydrogen) atoms. The maximum absolute atomic E-state index is 11.9. The van der Waals surface area contributed by atoms with Gasteiger partial charge in [-0.1, -0.05) is 12.1 Å². The van der Waals surface area contributed by atoms with E-state index in [1.807, 2.05) is 24.3 Å². The van der Waals surface area contributed by atoms with Crippen LogP contribution < -0.4 is 10.6 Å². The highest BCUT2D eigenvalue weighted by atomic mass is 16.2. The summed E-state index contributed by atoms with van der Waals surface area (Å²) in [5, 5.41) is 5.56. The van der Waals surface area contributed by atoms with Gasteiger partial charge in [-0.15, -0.1) is 0 Å². The summed E-state index contributed by atoms with van der Waals surface area (Å²) in [6.45, 7) is 3.24. The standard InChI is InChI=1S/C16H17N5O/c1-2-21-14-8-4-3-7-13(14)20-15(21)11-18-16(22)19-12-6-5-9-17-10-12/h3-10H,2,11H2,1H3,(H2,18,19,22). The lowest BCUT2D eigenvalue weighted by atomic mass is 10.3. The number of hydrogen-bond donors (Lipinski definition) is 2. The van der Waals surface area contributed by atoms with E-state index in [4.69, 9.17) is 0 Å². The molecular weight excluding hydrogens is 278 g/mol. The van der Waals surface area contributed by atoms with E-state index >= 15 is 0 Å². The number of carbonyl (C=O) groups excluding carboxylic acids is 1. The molecule has 2 heterocycles. The van der Waals surface area contributed by atoms with Crippen LogP contribution in [0.25, 0.3) is 11.0 Å². The van der Waals surface area contributed by atoms with Crippen molar-refractivity contribution in [3.8, 4) is 0 Å². The Morgan fingerprint density at radius 1 is 1.23 bits per heavy atom. The zero-order valence-corrected chi connectivity index (χ0v) is 12.3. The van der Waals surface area contributed by atoms with Crippen molar-refractivity contribution in [3.05, 3.63) is 54.6 Å². The Morgan fingerprint density at radius 2 is 2.09 bits per heavy atom. The summed E-state index contributed by atoms with van der Waals surface area (Å²) < 4.78 is 2.10. The number of urea groups is 1. The van der Waals surface area contributed by atoms with Gasteiger partial charge in [-0.3, -0.25) is 4.98 Å². The zero-order chi connectivity index (χ0) is 15.4. The lowest BCUT2D eigenvalue weighted by Gasteiger charge is -2.08. The molecule has 6 heteroatoms. The Labute approximate surface area is 128 Å². The van der Waals surface area contributed by atoms with Gasteiger partial charge in [-0.25, -0.2) is 9.78 Å². The average Bonchev–Trinajstić information content (AvgIpc) is 2.91. The molecule has 2 N–H and O–H groups in total. The van der Waals surface area contributed by atoms with E-state index in [-0.39, 0.29) is 6.03 Å². The van der Waals surface area contributed by atoms with Gasteiger partial charge in [0.05, 0.1) is 29.5 Å². The third-order valence-corrected chi connectivity index (χ3v) is 3.38. The van der Waals surface area contributed by atoms with Gasteiger partial charge in [-0.05, 0) is 31.2 Å². The predicted molar refractivity (Wildman–Crippen MR) is 85.5 cm³/mol. The fraction of sp³-hybridized carbons (Fsp3) is 0.188. The Hall–Kier alpha value is -2.89. The largest absolute Gasteiger partial charge is 0.331 e. The highest BCUT2D eigenvalue weighted by Gasteiger charge is 2.10. The van der Waals surface area contributed by atoms with Gasteiger partial charge < -0.3 is 15.2 Å². The number of pyridine rings is 1. The highest BCUT2D eigenvalue weighted by molar-refractivity contribution is 5.88. The topological polar surface area (TPSA) is 71.8 Å². The Bertz CT molecular complexity index is 782. The minimum absolute atomic E-state index is 0.275. The Kier molecular flexibility index (Phi) is 4.00. The van der Waals surface area contributed by atoms with Crippen LogP contribution in [-0.2, 0) is 13.1 Å². The van der Waals surface area contributed by atoms with Crippen LogP contribution in [-0.4, -0.2) is 20.6 Å². The summed E-state index contributed by atoms with van der Waals surface area (Å²) in [7, 11) is 0. The number of amides is 2. The van der Waals surface area contributed by atoms with Crippen LogP contribution in [0.2, 0.25) is 0 Å². The van der Waals surface area contributed by atoms with E-state index < -0.39 is 0 Å². The normalized spacial score (nSPS) is 10.6. The van der Waals surface area contributed by atoms with Crippen LogP contribution >= 0.6 is 0 Å². The number of aryl methyl sites for hydroxylation is 1. The number of fused-ring (bicyclic) bond motifs is 1. The first-order chi connectivity index (χ1) is 10.8. The van der Waals surface area contributed by atoms with Gasteiger partial charge in [-0.2, -0.15) is 0 Å². The summed E-state index contributed by atoms with van der Waals surface area (Å²) in [4.78, 5) is 20.4. The maximum Gasteiger partial charge on any atom is 0.319 e. The summed E-state index contributed by atoms with van der Waals surface area (Å²) >= 11 is 0. The first-order valence-electron chi connectivity index (χ1n) is 7.17. The molecule has 6 nitrogen and oxygen atoms in total. The van der Waals surface area contributed by atoms with Gasteiger partial charge >= 0.3 is 6.03 Å². The Balaban J connectivity index is 1.70. The number of hydrogen-bond acceptors (Lipinski definition) is 3. The van der Waals surface area contributed by atoms with Crippen molar-refractivity contribution in [2.75, 3.05) is 5.32 Å². The van der Waals surface area contributed by atoms with Gasteiger partial charge in [0.15, 0.2) is 0 Å². The predicted octanol–water partition coefficient (Wildman–Crippen LogP) is 2.77. The molecule has 0 saturated carbocycles. The lowest BCUT2D eigenvalue weighted by molar-refractivity contribution is 0.251. The number of para-hydroxylation sites is 2. The summed E-state index contributed by atoms with van der Waals surface area (Å²) in [6.07, 6.45) is 3.26. The van der Waals surface area contributed by atoms with Crippen LogP contribution in [0.15, 0.2) is 48.8 Å². The Morgan fingerprint density at radius 3 is 2.86 bits per heavy atom. The molecular formula is C16H17N5O. The summed E-state index contributed by atoms with van der Waals surface area (Å²) in [5.41, 5.74) is 2.67. The molecule has 0 saturated heterocycles. The summed E-state index contributed by atoms with van der Waals surface area (Å²) in [6, 6.07) is 11.2. The van der Waals surface area contributed by atoms with Crippen molar-refractivity contribution in [2.45, 2.75) is 20.0 Å². The minimum atomic E-state index is -0.275. The number of benzene rings is 1. The first-order valence-corrected chi connectivity index (χ1v) is 7.17. The van der Waals surface area contributed by atoms with E-state index in [1.165, 1.54) is 0 Å². The van der Waals surface area contributed by atoms with Crippen molar-refractivity contribution in [3.63, 3.8) is 0 Å².